The highest BCUT2D eigenvalue weighted by atomic mass is 19.4. The van der Waals surface area contributed by atoms with E-state index < -0.39 is 23.6 Å². The van der Waals surface area contributed by atoms with Gasteiger partial charge in [0.15, 0.2) is 0 Å². The van der Waals surface area contributed by atoms with Crippen molar-refractivity contribution in [1.29, 1.82) is 0 Å². The van der Waals surface area contributed by atoms with Crippen LogP contribution < -0.4 is 16.0 Å². The molecule has 0 radical (unpaired) electrons. The molecule has 8 heteroatoms. The molecular weight excluding hydrogens is 359 g/mol. The number of rotatable bonds is 6. The average Bonchev–Trinajstić information content (AvgIpc) is 2.64. The molecule has 0 unspecified atom stereocenters. The number of halogens is 3. The summed E-state index contributed by atoms with van der Waals surface area (Å²) in [6.07, 6.45) is 0.510. The maximum Gasteiger partial charge on any atom is 0.418 e. The van der Waals surface area contributed by atoms with E-state index >= 15 is 0 Å². The van der Waals surface area contributed by atoms with Crippen LogP contribution in [0.2, 0.25) is 0 Å². The molecule has 2 rings (SSSR count). The molecular formula is C19H16F3N3O2. The molecule has 5 nitrogen and oxygen atoms in total. The van der Waals surface area contributed by atoms with Crippen molar-refractivity contribution in [3.05, 3.63) is 59.7 Å². The Labute approximate surface area is 154 Å². The third-order valence-corrected chi connectivity index (χ3v) is 3.47. The number of alkyl halides is 3. The van der Waals surface area contributed by atoms with Gasteiger partial charge in [-0.15, -0.1) is 6.42 Å². The zero-order chi connectivity index (χ0) is 19.9. The van der Waals surface area contributed by atoms with E-state index in [-0.39, 0.29) is 24.3 Å². The lowest BCUT2D eigenvalue weighted by molar-refractivity contribution is -0.137. The Morgan fingerprint density at radius 3 is 2.30 bits per heavy atom. The van der Waals surface area contributed by atoms with Crippen LogP contribution in [0.15, 0.2) is 48.5 Å². The topological polar surface area (TPSA) is 70.2 Å². The highest BCUT2D eigenvalue weighted by Crippen LogP contribution is 2.34. The fraction of sp³-hybridized carbons (Fsp3) is 0.158. The van der Waals surface area contributed by atoms with Crippen molar-refractivity contribution in [3.63, 3.8) is 0 Å². The third kappa shape index (κ3) is 5.51. The Morgan fingerprint density at radius 1 is 1.00 bits per heavy atom. The average molecular weight is 375 g/mol. The number of terminal acetylenes is 1. The maximum atomic E-state index is 13.0. The number of nitrogens with one attached hydrogen (secondary N) is 3. The van der Waals surface area contributed by atoms with Crippen LogP contribution in [0.3, 0.4) is 0 Å². The first kappa shape index (κ1) is 19.8. The van der Waals surface area contributed by atoms with Gasteiger partial charge in [-0.1, -0.05) is 30.2 Å². The number of para-hydroxylation sites is 2. The van der Waals surface area contributed by atoms with Gasteiger partial charge in [0.2, 0.25) is 5.91 Å². The van der Waals surface area contributed by atoms with Gasteiger partial charge in [-0.25, -0.2) is 0 Å². The highest BCUT2D eigenvalue weighted by molar-refractivity contribution is 6.01. The van der Waals surface area contributed by atoms with Crippen LogP contribution >= 0.6 is 0 Å². The largest absolute Gasteiger partial charge is 0.418 e. The van der Waals surface area contributed by atoms with E-state index in [9.17, 15) is 22.8 Å². The normalized spacial score (nSPS) is 10.6. The Morgan fingerprint density at radius 2 is 1.63 bits per heavy atom. The molecule has 0 aliphatic carbocycles. The molecule has 0 aliphatic rings. The van der Waals surface area contributed by atoms with E-state index in [0.717, 1.165) is 6.07 Å². The number of benzene rings is 2. The van der Waals surface area contributed by atoms with Gasteiger partial charge in [0, 0.05) is 5.69 Å². The summed E-state index contributed by atoms with van der Waals surface area (Å²) >= 11 is 0. The van der Waals surface area contributed by atoms with Crippen LogP contribution in [0, 0.1) is 12.3 Å². The molecule has 0 saturated carbocycles. The smallest absolute Gasteiger partial charge is 0.376 e. The van der Waals surface area contributed by atoms with Crippen LogP contribution in [0.4, 0.5) is 24.5 Å². The molecule has 0 spiro atoms. The van der Waals surface area contributed by atoms with Crippen LogP contribution in [-0.4, -0.2) is 24.9 Å². The summed E-state index contributed by atoms with van der Waals surface area (Å²) in [6.45, 7) is -0.284. The van der Waals surface area contributed by atoms with Gasteiger partial charge in [0.05, 0.1) is 29.9 Å². The summed E-state index contributed by atoms with van der Waals surface area (Å²) in [6, 6.07) is 11.1. The molecule has 2 aromatic carbocycles. The summed E-state index contributed by atoms with van der Waals surface area (Å²) in [4.78, 5) is 24.1. The Bertz CT molecular complexity index is 873. The van der Waals surface area contributed by atoms with E-state index in [2.05, 4.69) is 21.9 Å². The van der Waals surface area contributed by atoms with Crippen molar-refractivity contribution >= 4 is 23.2 Å². The summed E-state index contributed by atoms with van der Waals surface area (Å²) in [5.74, 6) is 1.15. The summed E-state index contributed by atoms with van der Waals surface area (Å²) in [5, 5.41) is 7.46. The van der Waals surface area contributed by atoms with Crippen LogP contribution in [0.25, 0.3) is 0 Å². The van der Waals surface area contributed by atoms with Crippen molar-refractivity contribution < 1.29 is 22.8 Å². The lowest BCUT2D eigenvalue weighted by atomic mass is 10.1. The monoisotopic (exact) mass is 375 g/mol. The van der Waals surface area contributed by atoms with Gasteiger partial charge in [0.1, 0.15) is 0 Å². The fourth-order valence-electron chi connectivity index (χ4n) is 2.27. The number of carbonyl (C=O) groups is 2. The second-order valence-corrected chi connectivity index (χ2v) is 5.38. The summed E-state index contributed by atoms with van der Waals surface area (Å²) in [7, 11) is 0. The zero-order valence-corrected chi connectivity index (χ0v) is 14.1. The van der Waals surface area contributed by atoms with Crippen LogP contribution in [-0.2, 0) is 11.0 Å². The van der Waals surface area contributed by atoms with E-state index in [1.807, 2.05) is 0 Å². The number of hydrogen-bond acceptors (Lipinski definition) is 3. The molecule has 0 aliphatic heterocycles. The molecule has 2 amide bonds. The van der Waals surface area contributed by atoms with Gasteiger partial charge in [-0.3, -0.25) is 9.59 Å². The van der Waals surface area contributed by atoms with E-state index in [0.29, 0.717) is 5.69 Å². The van der Waals surface area contributed by atoms with Crippen molar-refractivity contribution in [2.75, 3.05) is 23.7 Å². The lowest BCUT2D eigenvalue weighted by Crippen LogP contribution is -2.27. The minimum Gasteiger partial charge on any atom is -0.376 e. The SMILES string of the molecule is C#CCNC(=O)c1ccccc1NCC(=O)Nc1ccccc1C(F)(F)F. The van der Waals surface area contributed by atoms with E-state index in [4.69, 9.17) is 6.42 Å². The summed E-state index contributed by atoms with van der Waals surface area (Å²) in [5.41, 5.74) is -0.660. The predicted octanol–water partition coefficient (Wildman–Crippen LogP) is 3.12. The minimum absolute atomic E-state index is 0.0435. The molecule has 2 aromatic rings. The zero-order valence-electron chi connectivity index (χ0n) is 14.1. The Balaban J connectivity index is 2.06. The van der Waals surface area contributed by atoms with E-state index in [1.54, 1.807) is 18.2 Å². The second kappa shape index (κ2) is 8.76. The quantitative estimate of drug-likeness (QED) is 0.680. The predicted molar refractivity (Wildman–Crippen MR) is 96.2 cm³/mol. The van der Waals surface area contributed by atoms with Crippen molar-refractivity contribution in [2.45, 2.75) is 6.18 Å². The van der Waals surface area contributed by atoms with E-state index in [1.165, 1.54) is 24.3 Å². The van der Waals surface area contributed by atoms with Crippen LogP contribution in [0.5, 0.6) is 0 Å². The first-order valence-corrected chi connectivity index (χ1v) is 7.83. The number of hydrogen-bond donors (Lipinski definition) is 3. The highest BCUT2D eigenvalue weighted by Gasteiger charge is 2.33. The maximum absolute atomic E-state index is 13.0. The van der Waals surface area contributed by atoms with Crippen LogP contribution in [0.1, 0.15) is 15.9 Å². The molecule has 0 heterocycles. The number of anilines is 2. The Kier molecular flexibility index (Phi) is 6.44. The minimum atomic E-state index is -4.58. The van der Waals surface area contributed by atoms with Gasteiger partial charge >= 0.3 is 6.18 Å². The molecule has 0 saturated heterocycles. The third-order valence-electron chi connectivity index (χ3n) is 3.47. The molecule has 140 valence electrons. The molecule has 0 bridgehead atoms. The van der Waals surface area contributed by atoms with Crippen molar-refractivity contribution in [3.8, 4) is 12.3 Å². The first-order chi connectivity index (χ1) is 12.8. The second-order valence-electron chi connectivity index (χ2n) is 5.38. The van der Waals surface area contributed by atoms with Crippen molar-refractivity contribution in [2.24, 2.45) is 0 Å². The molecule has 0 atom stereocenters. The van der Waals surface area contributed by atoms with Gasteiger partial charge < -0.3 is 16.0 Å². The van der Waals surface area contributed by atoms with Gasteiger partial charge in [-0.05, 0) is 24.3 Å². The Hall–Kier alpha value is -3.47. The summed E-state index contributed by atoms with van der Waals surface area (Å²) < 4.78 is 38.9. The van der Waals surface area contributed by atoms with Gasteiger partial charge in [-0.2, -0.15) is 13.2 Å². The fourth-order valence-corrected chi connectivity index (χ4v) is 2.27. The lowest BCUT2D eigenvalue weighted by Gasteiger charge is -2.15. The molecule has 27 heavy (non-hydrogen) atoms. The van der Waals surface area contributed by atoms with Gasteiger partial charge in [0.25, 0.3) is 5.91 Å². The molecule has 3 N–H and O–H groups in total. The first-order valence-electron chi connectivity index (χ1n) is 7.83. The number of carbonyl (C=O) groups excluding carboxylic acids is 2. The standard InChI is InChI=1S/C19H16F3N3O2/c1-2-11-23-18(27)13-7-3-5-9-15(13)24-12-17(26)25-16-10-6-4-8-14(16)19(20,21)22/h1,3-10,24H,11-12H2,(H,23,27)(H,25,26). The molecule has 0 aromatic heterocycles. The molecule has 0 fully saturated rings. The van der Waals surface area contributed by atoms with Crippen molar-refractivity contribution in [1.82, 2.24) is 5.32 Å². The number of amides is 2.